The van der Waals surface area contributed by atoms with E-state index in [1.807, 2.05) is 0 Å². The molecule has 0 aliphatic carbocycles. The maximum atomic E-state index is 12.7. The molecule has 1 aromatic carbocycles. The Kier molecular flexibility index (Phi) is 5.42. The molecule has 0 saturated carbocycles. The van der Waals surface area contributed by atoms with Gasteiger partial charge in [0.2, 0.25) is 0 Å². The van der Waals surface area contributed by atoms with Crippen molar-refractivity contribution in [3.8, 4) is 0 Å². The van der Waals surface area contributed by atoms with Crippen LogP contribution in [0.25, 0.3) is 0 Å². The molecule has 134 valence electrons. The third kappa shape index (κ3) is 4.62. The minimum Gasteiger partial charge on any atom is -0.465 e. The third-order valence-electron chi connectivity index (χ3n) is 4.20. The minimum absolute atomic E-state index is 0.0566. The van der Waals surface area contributed by atoms with Crippen LogP contribution in [0.5, 0.6) is 0 Å². The molecular weight excluding hydrogens is 347 g/mol. The number of carbonyl (C=O) groups is 1. The van der Waals surface area contributed by atoms with Gasteiger partial charge < -0.3 is 10.0 Å². The molecule has 1 aliphatic heterocycles. The summed E-state index contributed by atoms with van der Waals surface area (Å²) in [5.74, 6) is -0.187. The smallest absolute Gasteiger partial charge is 0.416 e. The average Bonchev–Trinajstić information content (AvgIpc) is 2.53. The van der Waals surface area contributed by atoms with Crippen LogP contribution in [0, 0.1) is 5.92 Å². The first-order valence-electron chi connectivity index (χ1n) is 7.47. The molecule has 1 heterocycles. The number of amides is 1. The molecule has 9 heteroatoms. The highest BCUT2D eigenvalue weighted by Gasteiger charge is 2.32. The molecule has 0 unspecified atom stereocenters. The fraction of sp³-hybridized carbons (Fsp3) is 0.533. The zero-order valence-corrected chi connectivity index (χ0v) is 13.6. The molecule has 2 rings (SSSR count). The Hall–Kier alpha value is -1.77. The van der Waals surface area contributed by atoms with Crippen molar-refractivity contribution < 1.29 is 31.5 Å². The lowest BCUT2D eigenvalue weighted by atomic mass is 9.95. The van der Waals surface area contributed by atoms with E-state index in [4.69, 9.17) is 5.11 Å². The highest BCUT2D eigenvalue weighted by Crippen LogP contribution is 2.31. The second kappa shape index (κ2) is 7.00. The van der Waals surface area contributed by atoms with Gasteiger partial charge in [0.05, 0.1) is 16.2 Å². The predicted molar refractivity (Wildman–Crippen MR) is 80.4 cm³/mol. The van der Waals surface area contributed by atoms with Crippen molar-refractivity contribution in [1.82, 2.24) is 4.90 Å². The summed E-state index contributed by atoms with van der Waals surface area (Å²) in [5, 5.41) is 8.86. The van der Waals surface area contributed by atoms with Crippen molar-refractivity contribution in [1.29, 1.82) is 0 Å². The van der Waals surface area contributed by atoms with Crippen LogP contribution in [0.2, 0.25) is 0 Å². The van der Waals surface area contributed by atoms with Crippen LogP contribution in [0.3, 0.4) is 0 Å². The number of carboxylic acid groups (broad SMARTS) is 1. The number of nitrogens with zero attached hydrogens (tertiary/aromatic N) is 1. The van der Waals surface area contributed by atoms with Crippen molar-refractivity contribution in [2.24, 2.45) is 5.92 Å². The normalized spacial score (nSPS) is 17.0. The Balaban J connectivity index is 1.99. The number of sulfone groups is 1. The summed E-state index contributed by atoms with van der Waals surface area (Å²) >= 11 is 0. The standard InChI is InChI=1S/C15H18F3NO4S/c16-15(17,18)12-2-1-3-13(10-12)24(22,23)9-6-11-4-7-19(8-5-11)14(20)21/h1-3,10-11H,4-9H2,(H,20,21). The summed E-state index contributed by atoms with van der Waals surface area (Å²) in [6.07, 6.45) is -4.15. The van der Waals surface area contributed by atoms with E-state index in [1.54, 1.807) is 0 Å². The first-order chi connectivity index (χ1) is 11.1. The molecule has 0 radical (unpaired) electrons. The fourth-order valence-electron chi connectivity index (χ4n) is 2.72. The Morgan fingerprint density at radius 2 is 1.88 bits per heavy atom. The maximum absolute atomic E-state index is 12.7. The summed E-state index contributed by atoms with van der Waals surface area (Å²) in [6.45, 7) is 0.702. The van der Waals surface area contributed by atoms with Crippen molar-refractivity contribution >= 4 is 15.9 Å². The molecule has 1 aliphatic rings. The number of likely N-dealkylation sites (tertiary alicyclic amines) is 1. The lowest BCUT2D eigenvalue weighted by molar-refractivity contribution is -0.137. The number of benzene rings is 1. The molecule has 0 aromatic heterocycles. The third-order valence-corrected chi connectivity index (χ3v) is 5.95. The first-order valence-corrected chi connectivity index (χ1v) is 9.13. The van der Waals surface area contributed by atoms with E-state index < -0.39 is 27.7 Å². The molecule has 1 N–H and O–H groups in total. The zero-order chi connectivity index (χ0) is 18.0. The van der Waals surface area contributed by atoms with Crippen LogP contribution in [0.15, 0.2) is 29.2 Å². The second-order valence-electron chi connectivity index (χ2n) is 5.85. The van der Waals surface area contributed by atoms with E-state index in [1.165, 1.54) is 4.90 Å². The number of piperidine rings is 1. The van der Waals surface area contributed by atoms with Crippen LogP contribution in [-0.4, -0.2) is 43.4 Å². The van der Waals surface area contributed by atoms with Crippen LogP contribution in [0.1, 0.15) is 24.8 Å². The highest BCUT2D eigenvalue weighted by molar-refractivity contribution is 7.91. The highest BCUT2D eigenvalue weighted by atomic mass is 32.2. The summed E-state index contributed by atoms with van der Waals surface area (Å²) in [5.41, 5.74) is -0.988. The number of hydrogen-bond acceptors (Lipinski definition) is 3. The van der Waals surface area contributed by atoms with Gasteiger partial charge in [0.1, 0.15) is 0 Å². The second-order valence-corrected chi connectivity index (χ2v) is 7.96. The molecule has 5 nitrogen and oxygen atoms in total. The molecule has 1 saturated heterocycles. The van der Waals surface area contributed by atoms with Crippen molar-refractivity contribution in [3.05, 3.63) is 29.8 Å². The molecule has 0 spiro atoms. The van der Waals surface area contributed by atoms with Gasteiger partial charge in [-0.25, -0.2) is 13.2 Å². The number of alkyl halides is 3. The molecule has 1 fully saturated rings. The Labute approximate surface area is 138 Å². The van der Waals surface area contributed by atoms with Gasteiger partial charge in [-0.2, -0.15) is 13.2 Å². The minimum atomic E-state index is -4.59. The maximum Gasteiger partial charge on any atom is 0.416 e. The van der Waals surface area contributed by atoms with Gasteiger partial charge in [-0.1, -0.05) is 6.07 Å². The van der Waals surface area contributed by atoms with Crippen LogP contribution in [0.4, 0.5) is 18.0 Å². The van der Waals surface area contributed by atoms with Gasteiger partial charge in [-0.15, -0.1) is 0 Å². The van der Waals surface area contributed by atoms with E-state index in [-0.39, 0.29) is 16.6 Å². The number of halogens is 3. The summed E-state index contributed by atoms with van der Waals surface area (Å²) in [4.78, 5) is 11.8. The predicted octanol–water partition coefficient (Wildman–Crippen LogP) is 3.26. The summed E-state index contributed by atoms with van der Waals surface area (Å²) in [6, 6.07) is 3.74. The SMILES string of the molecule is O=C(O)N1CCC(CCS(=O)(=O)c2cccc(C(F)(F)F)c2)CC1. The van der Waals surface area contributed by atoms with Crippen molar-refractivity contribution in [2.45, 2.75) is 30.3 Å². The van der Waals surface area contributed by atoms with E-state index in [9.17, 15) is 26.4 Å². The van der Waals surface area contributed by atoms with Gasteiger partial charge in [-0.05, 0) is 43.4 Å². The van der Waals surface area contributed by atoms with E-state index in [0.717, 1.165) is 18.2 Å². The molecule has 0 atom stereocenters. The van der Waals surface area contributed by atoms with Gasteiger partial charge in [0.25, 0.3) is 0 Å². The quantitative estimate of drug-likeness (QED) is 0.889. The van der Waals surface area contributed by atoms with E-state index >= 15 is 0 Å². The van der Waals surface area contributed by atoms with Crippen LogP contribution in [-0.2, 0) is 16.0 Å². The largest absolute Gasteiger partial charge is 0.465 e. The molecule has 1 amide bonds. The lowest BCUT2D eigenvalue weighted by Gasteiger charge is -2.29. The average molecular weight is 365 g/mol. The molecular formula is C15H18F3NO4S. The van der Waals surface area contributed by atoms with Gasteiger partial charge >= 0.3 is 12.3 Å². The van der Waals surface area contributed by atoms with Crippen LogP contribution < -0.4 is 0 Å². The first kappa shape index (κ1) is 18.6. The van der Waals surface area contributed by atoms with Crippen LogP contribution >= 0.6 is 0 Å². The lowest BCUT2D eigenvalue weighted by Crippen LogP contribution is -2.37. The Morgan fingerprint density at radius 3 is 2.42 bits per heavy atom. The van der Waals surface area contributed by atoms with E-state index in [2.05, 4.69) is 0 Å². The Morgan fingerprint density at radius 1 is 1.25 bits per heavy atom. The zero-order valence-electron chi connectivity index (χ0n) is 12.8. The summed E-state index contributed by atoms with van der Waals surface area (Å²) < 4.78 is 62.6. The molecule has 1 aromatic rings. The van der Waals surface area contributed by atoms with Gasteiger partial charge in [0, 0.05) is 13.1 Å². The van der Waals surface area contributed by atoms with E-state index in [0.29, 0.717) is 38.4 Å². The monoisotopic (exact) mass is 365 g/mol. The molecule has 0 bridgehead atoms. The number of hydrogen-bond donors (Lipinski definition) is 1. The number of rotatable bonds is 4. The topological polar surface area (TPSA) is 74.7 Å². The van der Waals surface area contributed by atoms with Gasteiger partial charge in [-0.3, -0.25) is 0 Å². The van der Waals surface area contributed by atoms with Crippen molar-refractivity contribution in [2.75, 3.05) is 18.8 Å². The van der Waals surface area contributed by atoms with Gasteiger partial charge in [0.15, 0.2) is 9.84 Å². The molecule has 24 heavy (non-hydrogen) atoms. The Bertz CT molecular complexity index is 695. The summed E-state index contributed by atoms with van der Waals surface area (Å²) in [7, 11) is -3.80. The van der Waals surface area contributed by atoms with Crippen molar-refractivity contribution in [3.63, 3.8) is 0 Å². The fourth-order valence-corrected chi connectivity index (χ4v) is 4.19.